The first-order valence-electron chi connectivity index (χ1n) is 4.36. The number of hydrogen-bond acceptors (Lipinski definition) is 3. The highest BCUT2D eigenvalue weighted by Gasteiger charge is 2.13. The minimum atomic E-state index is 0.281. The lowest BCUT2D eigenvalue weighted by Gasteiger charge is -2.04. The Kier molecular flexibility index (Phi) is 2.46. The summed E-state index contributed by atoms with van der Waals surface area (Å²) < 4.78 is 15.8. The van der Waals surface area contributed by atoms with E-state index in [1.165, 1.54) is 0 Å². The van der Waals surface area contributed by atoms with Crippen LogP contribution >= 0.6 is 0 Å². The lowest BCUT2D eigenvalue weighted by molar-refractivity contribution is 0.174. The highest BCUT2D eigenvalue weighted by atomic mass is 16.7. The summed E-state index contributed by atoms with van der Waals surface area (Å²) in [7, 11) is 0. The first kappa shape index (κ1) is 8.76. The van der Waals surface area contributed by atoms with Crippen LogP contribution in [0, 0.1) is 12.3 Å². The second-order valence-electron chi connectivity index (χ2n) is 2.82. The van der Waals surface area contributed by atoms with Crippen LogP contribution in [0.1, 0.15) is 6.42 Å². The van der Waals surface area contributed by atoms with Crippen LogP contribution in [-0.4, -0.2) is 13.4 Å². The third-order valence-corrected chi connectivity index (χ3v) is 1.86. The highest BCUT2D eigenvalue weighted by Crippen LogP contribution is 2.34. The van der Waals surface area contributed by atoms with E-state index in [0.717, 1.165) is 17.2 Å². The molecule has 3 nitrogen and oxygen atoms in total. The summed E-state index contributed by atoms with van der Waals surface area (Å²) in [6.07, 6.45) is 5.71. The van der Waals surface area contributed by atoms with Crippen LogP contribution in [0.4, 0.5) is 0 Å². The molecule has 1 aliphatic heterocycles. The predicted molar refractivity (Wildman–Crippen MR) is 51.5 cm³/mol. The molecule has 0 fully saturated rings. The van der Waals surface area contributed by atoms with E-state index < -0.39 is 0 Å². The number of benzene rings is 1. The molecule has 72 valence electrons. The van der Waals surface area contributed by atoms with Crippen molar-refractivity contribution in [3.63, 3.8) is 0 Å². The normalized spacial score (nSPS) is 12.2. The van der Waals surface area contributed by atoms with E-state index in [4.69, 9.17) is 20.6 Å². The third-order valence-electron chi connectivity index (χ3n) is 1.86. The maximum atomic E-state index is 5.39. The van der Waals surface area contributed by atoms with E-state index in [-0.39, 0.29) is 6.79 Å². The molecule has 0 aliphatic carbocycles. The van der Waals surface area contributed by atoms with Crippen molar-refractivity contribution in [2.45, 2.75) is 6.42 Å². The second kappa shape index (κ2) is 3.93. The van der Waals surface area contributed by atoms with Gasteiger partial charge in [-0.2, -0.15) is 0 Å². The van der Waals surface area contributed by atoms with Crippen LogP contribution < -0.4 is 14.2 Å². The maximum Gasteiger partial charge on any atom is 0.231 e. The van der Waals surface area contributed by atoms with Crippen molar-refractivity contribution >= 4 is 0 Å². The fraction of sp³-hybridized carbons (Fsp3) is 0.273. The Labute approximate surface area is 82.6 Å². The summed E-state index contributed by atoms with van der Waals surface area (Å²) in [5.41, 5.74) is 0. The zero-order chi connectivity index (χ0) is 9.80. The standard InChI is InChI=1S/C11H10O3/c1-2-3-6-12-9-4-5-10-11(7-9)14-8-13-10/h1,4-5,7H,3,6,8H2. The first-order chi connectivity index (χ1) is 6.90. The summed E-state index contributed by atoms with van der Waals surface area (Å²) >= 11 is 0. The van der Waals surface area contributed by atoms with Crippen LogP contribution in [0.25, 0.3) is 0 Å². The summed E-state index contributed by atoms with van der Waals surface area (Å²) in [4.78, 5) is 0. The quantitative estimate of drug-likeness (QED) is 0.537. The lowest BCUT2D eigenvalue weighted by Crippen LogP contribution is -1.95. The maximum absolute atomic E-state index is 5.39. The molecule has 0 radical (unpaired) electrons. The Morgan fingerprint density at radius 2 is 2.21 bits per heavy atom. The van der Waals surface area contributed by atoms with Crippen LogP contribution in [0.3, 0.4) is 0 Å². The fourth-order valence-electron chi connectivity index (χ4n) is 1.19. The Hall–Kier alpha value is -1.82. The molecule has 0 atom stereocenters. The second-order valence-corrected chi connectivity index (χ2v) is 2.82. The van der Waals surface area contributed by atoms with Crippen molar-refractivity contribution in [3.8, 4) is 29.6 Å². The molecule has 14 heavy (non-hydrogen) atoms. The largest absolute Gasteiger partial charge is 0.492 e. The molecule has 0 spiro atoms. The van der Waals surface area contributed by atoms with Gasteiger partial charge >= 0.3 is 0 Å². The van der Waals surface area contributed by atoms with Crippen LogP contribution in [-0.2, 0) is 0 Å². The van der Waals surface area contributed by atoms with Gasteiger partial charge in [-0.15, -0.1) is 12.3 Å². The van der Waals surface area contributed by atoms with E-state index in [1.807, 2.05) is 12.1 Å². The van der Waals surface area contributed by atoms with E-state index >= 15 is 0 Å². The smallest absolute Gasteiger partial charge is 0.231 e. The lowest BCUT2D eigenvalue weighted by atomic mass is 10.3. The van der Waals surface area contributed by atoms with Gasteiger partial charge in [-0.1, -0.05) is 0 Å². The van der Waals surface area contributed by atoms with Crippen LogP contribution in [0.2, 0.25) is 0 Å². The van der Waals surface area contributed by atoms with Crippen molar-refractivity contribution in [1.29, 1.82) is 0 Å². The van der Waals surface area contributed by atoms with Crippen molar-refractivity contribution in [2.24, 2.45) is 0 Å². The van der Waals surface area contributed by atoms with Crippen molar-refractivity contribution in [1.82, 2.24) is 0 Å². The summed E-state index contributed by atoms with van der Waals surface area (Å²) in [6, 6.07) is 5.47. The Morgan fingerprint density at radius 1 is 1.36 bits per heavy atom. The number of ether oxygens (including phenoxy) is 3. The number of hydrogen-bond donors (Lipinski definition) is 0. The van der Waals surface area contributed by atoms with E-state index in [1.54, 1.807) is 6.07 Å². The number of rotatable bonds is 3. The summed E-state index contributed by atoms with van der Waals surface area (Å²) in [6.45, 7) is 0.805. The molecule has 0 saturated carbocycles. The molecular weight excluding hydrogens is 180 g/mol. The van der Waals surface area contributed by atoms with Gasteiger partial charge in [0.15, 0.2) is 11.5 Å². The molecular formula is C11H10O3. The minimum Gasteiger partial charge on any atom is -0.492 e. The summed E-state index contributed by atoms with van der Waals surface area (Å²) in [5.74, 6) is 4.75. The molecule has 1 heterocycles. The predicted octanol–water partition coefficient (Wildman–Crippen LogP) is 1.82. The van der Waals surface area contributed by atoms with Gasteiger partial charge in [0.25, 0.3) is 0 Å². The zero-order valence-corrected chi connectivity index (χ0v) is 7.66. The molecule has 2 rings (SSSR count). The van der Waals surface area contributed by atoms with Gasteiger partial charge in [-0.3, -0.25) is 0 Å². The van der Waals surface area contributed by atoms with Gasteiger partial charge in [0.1, 0.15) is 5.75 Å². The monoisotopic (exact) mass is 190 g/mol. The average molecular weight is 190 g/mol. The highest BCUT2D eigenvalue weighted by molar-refractivity contribution is 5.46. The molecule has 1 aromatic rings. The Morgan fingerprint density at radius 3 is 3.07 bits per heavy atom. The number of fused-ring (bicyclic) bond motifs is 1. The van der Waals surface area contributed by atoms with Gasteiger partial charge in [-0.25, -0.2) is 0 Å². The van der Waals surface area contributed by atoms with Crippen molar-refractivity contribution < 1.29 is 14.2 Å². The summed E-state index contributed by atoms with van der Waals surface area (Å²) in [5, 5.41) is 0. The molecule has 0 bridgehead atoms. The molecule has 0 saturated heterocycles. The third kappa shape index (κ3) is 1.74. The first-order valence-corrected chi connectivity index (χ1v) is 4.36. The topological polar surface area (TPSA) is 27.7 Å². The van der Waals surface area contributed by atoms with E-state index in [9.17, 15) is 0 Å². The van der Waals surface area contributed by atoms with E-state index in [2.05, 4.69) is 5.92 Å². The van der Waals surface area contributed by atoms with Crippen LogP contribution in [0.5, 0.6) is 17.2 Å². The van der Waals surface area contributed by atoms with Crippen molar-refractivity contribution in [2.75, 3.05) is 13.4 Å². The zero-order valence-electron chi connectivity index (χ0n) is 7.66. The molecule has 3 heteroatoms. The minimum absolute atomic E-state index is 0.281. The number of terminal acetylenes is 1. The molecule has 0 unspecified atom stereocenters. The molecule has 1 aliphatic rings. The van der Waals surface area contributed by atoms with Gasteiger partial charge < -0.3 is 14.2 Å². The fourth-order valence-corrected chi connectivity index (χ4v) is 1.19. The van der Waals surface area contributed by atoms with E-state index in [0.29, 0.717) is 13.0 Å². The molecule has 1 aromatic carbocycles. The average Bonchev–Trinajstić information content (AvgIpc) is 2.65. The van der Waals surface area contributed by atoms with Crippen LogP contribution in [0.15, 0.2) is 18.2 Å². The van der Waals surface area contributed by atoms with Crippen molar-refractivity contribution in [3.05, 3.63) is 18.2 Å². The van der Waals surface area contributed by atoms with Gasteiger partial charge in [0.05, 0.1) is 6.61 Å². The Bertz CT molecular complexity index is 365. The molecule has 0 amide bonds. The van der Waals surface area contributed by atoms with Gasteiger partial charge in [0, 0.05) is 12.5 Å². The van der Waals surface area contributed by atoms with Gasteiger partial charge in [0.2, 0.25) is 6.79 Å². The Balaban J connectivity index is 2.02. The SMILES string of the molecule is C#CCCOc1ccc2c(c1)OCO2. The van der Waals surface area contributed by atoms with Gasteiger partial charge in [-0.05, 0) is 12.1 Å². The molecule has 0 aromatic heterocycles. The molecule has 0 N–H and O–H groups in total.